The van der Waals surface area contributed by atoms with Crippen molar-refractivity contribution < 1.29 is 22.4 Å². The number of hydrogen-bond donors (Lipinski definition) is 0. The van der Waals surface area contributed by atoms with Crippen molar-refractivity contribution in [3.8, 4) is 0 Å². The molecule has 7 rings (SSSR count). The van der Waals surface area contributed by atoms with Crippen LogP contribution in [-0.4, -0.2) is 12.3 Å². The van der Waals surface area contributed by atoms with E-state index in [1.165, 1.54) is 55.9 Å². The van der Waals surface area contributed by atoms with E-state index in [4.69, 9.17) is 11.2 Å². The molecule has 5 heteroatoms. The first-order chi connectivity index (χ1) is 24.2. The molecule has 0 unspecified atom stereocenters. The van der Waals surface area contributed by atoms with E-state index in [2.05, 4.69) is 194 Å². The molecule has 0 aliphatic rings. The second-order valence-corrected chi connectivity index (χ2v) is 20.5. The fourth-order valence-electron chi connectivity index (χ4n) is 5.98. The SMILES string of the molecule is Cl[P+](c1ccccc1)(c1ccccc1)c1ccccc1.[Au].c1ccc(P(CCCP(c2ccccc2)c2ccccc2)c2ccccc2)cc1. The zero-order valence-corrected chi connectivity index (χ0v) is 33.5. The summed E-state index contributed by atoms with van der Waals surface area (Å²) in [5.74, 6) is 0. The first-order valence-corrected chi connectivity index (χ1v) is 22.5. The van der Waals surface area contributed by atoms with Gasteiger partial charge in [-0.05, 0) is 92.2 Å². The molecule has 0 fully saturated rings. The zero-order chi connectivity index (χ0) is 33.6. The number of benzene rings is 7. The molecule has 7 aromatic rings. The van der Waals surface area contributed by atoms with Gasteiger partial charge in [-0.1, -0.05) is 176 Å². The van der Waals surface area contributed by atoms with Crippen molar-refractivity contribution in [2.24, 2.45) is 0 Å². The van der Waals surface area contributed by atoms with Crippen LogP contribution >= 0.6 is 33.7 Å². The minimum atomic E-state index is -2.05. The van der Waals surface area contributed by atoms with E-state index < -0.39 is 6.62 Å². The van der Waals surface area contributed by atoms with Gasteiger partial charge in [0.25, 0.3) is 0 Å². The zero-order valence-electron chi connectivity index (χ0n) is 27.8. The predicted molar refractivity (Wildman–Crippen MR) is 223 cm³/mol. The van der Waals surface area contributed by atoms with Crippen LogP contribution in [0, 0.1) is 0 Å². The van der Waals surface area contributed by atoms with Crippen molar-refractivity contribution >= 4 is 70.8 Å². The summed E-state index contributed by atoms with van der Waals surface area (Å²) in [5, 5.41) is 9.52. The molecule has 7 aromatic carbocycles. The Balaban J connectivity index is 0.000000203. The van der Waals surface area contributed by atoms with Gasteiger partial charge in [-0.2, -0.15) is 0 Å². The van der Waals surface area contributed by atoms with Gasteiger partial charge in [0, 0.05) is 22.4 Å². The van der Waals surface area contributed by atoms with Crippen molar-refractivity contribution in [3.63, 3.8) is 0 Å². The molecular weight excluding hydrogens is 866 g/mol. The summed E-state index contributed by atoms with van der Waals surface area (Å²) in [6.07, 6.45) is 3.72. The van der Waals surface area contributed by atoms with Crippen LogP contribution in [0.25, 0.3) is 0 Å². The van der Waals surface area contributed by atoms with Gasteiger partial charge < -0.3 is 0 Å². The van der Waals surface area contributed by atoms with Gasteiger partial charge in [-0.25, -0.2) is 0 Å². The molecule has 0 bridgehead atoms. The summed E-state index contributed by atoms with van der Waals surface area (Å²) in [6, 6.07) is 75.4. The summed E-state index contributed by atoms with van der Waals surface area (Å²) < 4.78 is 0. The van der Waals surface area contributed by atoms with Crippen molar-refractivity contribution in [2.45, 2.75) is 6.42 Å². The van der Waals surface area contributed by atoms with Crippen LogP contribution in [0.2, 0.25) is 0 Å². The molecule has 0 amide bonds. The van der Waals surface area contributed by atoms with Crippen LogP contribution in [0.1, 0.15) is 6.42 Å². The molecule has 0 saturated carbocycles. The maximum absolute atomic E-state index is 7.23. The number of halogens is 1. The normalized spacial score (nSPS) is 10.9. The molecule has 0 saturated heterocycles. The fraction of sp³-hybridized carbons (Fsp3) is 0.0667. The molecule has 0 atom stereocenters. The summed E-state index contributed by atoms with van der Waals surface area (Å²) in [7, 11) is -0.618. The molecule has 0 aromatic heterocycles. The van der Waals surface area contributed by atoms with Crippen molar-refractivity contribution in [3.05, 3.63) is 212 Å². The van der Waals surface area contributed by atoms with Crippen molar-refractivity contribution in [1.82, 2.24) is 0 Å². The standard InChI is InChI=1S/C27H26P2.C18H15ClP.Au/c1-5-14-24(15-6-1)28(25-16-7-2-8-17-25)22-13-23-29(26-18-9-3-10-19-26)27-20-11-4-12-21-27;19-20(16-10-4-1-5-11-16,17-12-6-2-7-13-17)18-14-8-3-9-15-18;/h1-12,14-21H,13,22-23H2;1-15H;/q;+1;. The second-order valence-electron chi connectivity index (χ2n) is 11.6. The van der Waals surface area contributed by atoms with E-state index in [0.717, 1.165) is 0 Å². The second kappa shape index (κ2) is 20.0. The molecule has 0 heterocycles. The Bertz CT molecular complexity index is 1670. The van der Waals surface area contributed by atoms with Gasteiger partial charge in [0.15, 0.2) is 0 Å². The Morgan fingerprint density at radius 2 is 0.520 bits per heavy atom. The summed E-state index contributed by atoms with van der Waals surface area (Å²) in [5.41, 5.74) is 0. The smallest absolute Gasteiger partial charge is 0.0622 e. The van der Waals surface area contributed by atoms with Gasteiger partial charge >= 0.3 is 0 Å². The molecule has 0 nitrogen and oxygen atoms in total. The molecule has 253 valence electrons. The summed E-state index contributed by atoms with van der Waals surface area (Å²) >= 11 is 7.23. The minimum Gasteiger partial charge on any atom is -0.0622 e. The predicted octanol–water partition coefficient (Wildman–Crippen LogP) is 9.77. The topological polar surface area (TPSA) is 0 Å². The van der Waals surface area contributed by atoms with Crippen LogP contribution in [0.5, 0.6) is 0 Å². The van der Waals surface area contributed by atoms with E-state index in [9.17, 15) is 0 Å². The third-order valence-corrected chi connectivity index (χ3v) is 18.4. The molecule has 0 aliphatic heterocycles. The number of rotatable bonds is 11. The maximum atomic E-state index is 7.23. The van der Waals surface area contributed by atoms with E-state index in [0.29, 0.717) is 0 Å². The van der Waals surface area contributed by atoms with Gasteiger partial charge in [0.1, 0.15) is 27.2 Å². The van der Waals surface area contributed by atoms with Gasteiger partial charge in [0.2, 0.25) is 6.62 Å². The molecular formula is C45H41AuClP3+. The van der Waals surface area contributed by atoms with Crippen LogP contribution in [-0.2, 0) is 22.4 Å². The maximum Gasteiger partial charge on any atom is 0.210 e. The van der Waals surface area contributed by atoms with Crippen LogP contribution in [0.3, 0.4) is 0 Å². The van der Waals surface area contributed by atoms with Crippen LogP contribution in [0.15, 0.2) is 212 Å². The number of hydrogen-bond acceptors (Lipinski definition) is 0. The fourth-order valence-corrected chi connectivity index (χ4v) is 14.6. The molecule has 1 radical (unpaired) electrons. The first-order valence-electron chi connectivity index (χ1n) is 16.7. The average molecular weight is 907 g/mol. The Kier molecular flexibility index (Phi) is 15.3. The third-order valence-electron chi connectivity index (χ3n) is 8.37. The van der Waals surface area contributed by atoms with E-state index in [1.807, 2.05) is 18.2 Å². The third kappa shape index (κ3) is 10.0. The van der Waals surface area contributed by atoms with E-state index in [1.54, 1.807) is 0 Å². The van der Waals surface area contributed by atoms with Crippen molar-refractivity contribution in [1.29, 1.82) is 0 Å². The Labute approximate surface area is 322 Å². The molecule has 0 aliphatic carbocycles. The van der Waals surface area contributed by atoms with Crippen molar-refractivity contribution in [2.75, 3.05) is 12.3 Å². The molecule has 0 spiro atoms. The average Bonchev–Trinajstić information content (AvgIpc) is 3.20. The van der Waals surface area contributed by atoms with E-state index >= 15 is 0 Å². The molecule has 50 heavy (non-hydrogen) atoms. The van der Waals surface area contributed by atoms with Gasteiger partial charge in [-0.3, -0.25) is 0 Å². The Morgan fingerprint density at radius 3 is 0.740 bits per heavy atom. The largest absolute Gasteiger partial charge is 0.210 e. The Morgan fingerprint density at radius 1 is 0.320 bits per heavy atom. The van der Waals surface area contributed by atoms with Gasteiger partial charge in [-0.15, -0.1) is 0 Å². The summed E-state index contributed by atoms with van der Waals surface area (Å²) in [6.45, 7) is -2.05. The summed E-state index contributed by atoms with van der Waals surface area (Å²) in [4.78, 5) is 0. The molecule has 0 N–H and O–H groups in total. The van der Waals surface area contributed by atoms with Crippen LogP contribution < -0.4 is 37.1 Å². The minimum absolute atomic E-state index is 0. The Hall–Kier alpha value is -3.14. The quantitative estimate of drug-likeness (QED) is 0.0897. The van der Waals surface area contributed by atoms with Gasteiger partial charge in [0.05, 0.1) is 0 Å². The first kappa shape index (κ1) is 38.1. The van der Waals surface area contributed by atoms with Crippen LogP contribution in [0.4, 0.5) is 0 Å². The monoisotopic (exact) mass is 906 g/mol. The van der Waals surface area contributed by atoms with E-state index in [-0.39, 0.29) is 38.2 Å².